The van der Waals surface area contributed by atoms with Crippen molar-refractivity contribution in [1.29, 1.82) is 0 Å². The lowest BCUT2D eigenvalue weighted by Crippen LogP contribution is -2.63. The molecule has 0 heterocycles. The van der Waals surface area contributed by atoms with Crippen LogP contribution in [0.1, 0.15) is 36.1 Å². The van der Waals surface area contributed by atoms with Gasteiger partial charge in [-0.1, -0.05) is 35.4 Å². The molecule has 0 radical (unpaired) electrons. The van der Waals surface area contributed by atoms with Crippen LogP contribution in [-0.4, -0.2) is 85.0 Å². The van der Waals surface area contributed by atoms with E-state index < -0.39 is 94.8 Å². The molecule has 54 heavy (non-hydrogen) atoms. The number of benzene rings is 2. The summed E-state index contributed by atoms with van der Waals surface area (Å²) < 4.78 is 10.2. The van der Waals surface area contributed by atoms with Crippen molar-refractivity contribution in [3.8, 4) is 0 Å². The SMILES string of the molecule is CCOC(=O)C1C(C(=O)NC)C(C(=O)OCC)C1C(=O)Nc1ccc(C)cc1C.CNC(=O)C1C(C(=O)O)C(C(=O)O)C1C(=O)Nc1ccc(C)cc1C. The number of aliphatic carboxylic acids is 2. The third-order valence-corrected chi connectivity index (χ3v) is 9.77. The van der Waals surface area contributed by atoms with Crippen LogP contribution in [0.2, 0.25) is 0 Å². The van der Waals surface area contributed by atoms with Gasteiger partial charge >= 0.3 is 23.9 Å². The molecule has 6 unspecified atom stereocenters. The number of carbonyl (C=O) groups is 8. The quantitative estimate of drug-likeness (QED) is 0.171. The van der Waals surface area contributed by atoms with Gasteiger partial charge in [-0.3, -0.25) is 38.4 Å². The summed E-state index contributed by atoms with van der Waals surface area (Å²) in [4.78, 5) is 97.9. The molecule has 2 saturated carbocycles. The van der Waals surface area contributed by atoms with Crippen molar-refractivity contribution in [2.75, 3.05) is 37.9 Å². The molecule has 4 amide bonds. The molecule has 6 atom stereocenters. The van der Waals surface area contributed by atoms with Gasteiger partial charge in [-0.15, -0.1) is 0 Å². The fourth-order valence-corrected chi connectivity index (χ4v) is 7.15. The Balaban J connectivity index is 0.000000294. The van der Waals surface area contributed by atoms with Crippen LogP contribution in [0.4, 0.5) is 11.4 Å². The Morgan fingerprint density at radius 2 is 0.833 bits per heavy atom. The first-order valence-corrected chi connectivity index (χ1v) is 17.4. The summed E-state index contributed by atoms with van der Waals surface area (Å²) in [6, 6.07) is 10.8. The summed E-state index contributed by atoms with van der Waals surface area (Å²) in [6.45, 7) is 10.9. The van der Waals surface area contributed by atoms with Gasteiger partial charge in [0.05, 0.1) is 60.6 Å². The Labute approximate surface area is 312 Å². The van der Waals surface area contributed by atoms with Crippen LogP contribution in [0.25, 0.3) is 0 Å². The van der Waals surface area contributed by atoms with Gasteiger partial charge in [0.1, 0.15) is 0 Å². The number of carbonyl (C=O) groups excluding carboxylic acids is 6. The Morgan fingerprint density at radius 1 is 0.519 bits per heavy atom. The van der Waals surface area contributed by atoms with Crippen molar-refractivity contribution in [3.05, 3.63) is 58.7 Å². The Morgan fingerprint density at radius 3 is 1.13 bits per heavy atom. The van der Waals surface area contributed by atoms with Crippen LogP contribution in [0.5, 0.6) is 0 Å². The number of anilines is 2. The lowest BCUT2D eigenvalue weighted by atomic mass is 9.55. The second-order valence-electron chi connectivity index (χ2n) is 13.2. The van der Waals surface area contributed by atoms with Gasteiger partial charge in [0, 0.05) is 25.5 Å². The van der Waals surface area contributed by atoms with E-state index in [4.69, 9.17) is 9.47 Å². The number of aryl methyl sites for hydroxylation is 4. The van der Waals surface area contributed by atoms with E-state index in [1.165, 1.54) is 14.1 Å². The van der Waals surface area contributed by atoms with Crippen LogP contribution < -0.4 is 21.3 Å². The highest BCUT2D eigenvalue weighted by Crippen LogP contribution is 2.49. The third kappa shape index (κ3) is 9.04. The standard InChI is InChI=1S/C21H28N2O6.C17H20N2O6/c1-6-28-20(26)16-14(18(24)22-5)17(21(27)29-7-2)15(16)19(25)23-13-9-8-11(3)10-12(13)4;1-7-4-5-9(8(2)6-7)19-15(21)11-10(14(20)18-3)12(16(22)23)13(11)17(24)25/h8-10,14-17H,6-7H2,1-5H3,(H,22,24)(H,23,25);4-6,10-13H,1-3H3,(H,18,20)(H,19,21)(H,22,23)(H,24,25). The maximum atomic E-state index is 13.1. The molecule has 16 heteroatoms. The summed E-state index contributed by atoms with van der Waals surface area (Å²) in [5.41, 5.74) is 4.74. The van der Waals surface area contributed by atoms with Crippen LogP contribution in [0, 0.1) is 75.0 Å². The molecule has 0 bridgehead atoms. The molecule has 4 rings (SSSR count). The smallest absolute Gasteiger partial charge is 0.310 e. The molecule has 0 aromatic heterocycles. The van der Waals surface area contributed by atoms with Gasteiger partial charge in [0.25, 0.3) is 0 Å². The summed E-state index contributed by atoms with van der Waals surface area (Å²) in [7, 11) is 2.73. The van der Waals surface area contributed by atoms with E-state index >= 15 is 0 Å². The lowest BCUT2D eigenvalue weighted by molar-refractivity contribution is -0.184. The van der Waals surface area contributed by atoms with Crippen LogP contribution in [0.3, 0.4) is 0 Å². The van der Waals surface area contributed by atoms with E-state index in [9.17, 15) is 48.6 Å². The first kappa shape index (κ1) is 42.6. The third-order valence-electron chi connectivity index (χ3n) is 9.77. The predicted molar refractivity (Wildman–Crippen MR) is 194 cm³/mol. The predicted octanol–water partition coefficient (Wildman–Crippen LogP) is 2.23. The van der Waals surface area contributed by atoms with E-state index in [0.717, 1.165) is 22.3 Å². The molecule has 2 aromatic rings. The molecule has 16 nitrogen and oxygen atoms in total. The number of nitrogens with one attached hydrogen (secondary N) is 4. The van der Waals surface area contributed by atoms with Crippen molar-refractivity contribution < 1.29 is 58.0 Å². The lowest BCUT2D eigenvalue weighted by Gasteiger charge is -2.46. The van der Waals surface area contributed by atoms with Gasteiger partial charge < -0.3 is 41.0 Å². The molecular weight excluding hydrogens is 704 g/mol. The van der Waals surface area contributed by atoms with E-state index in [1.807, 2.05) is 39.0 Å². The number of hydrogen-bond donors (Lipinski definition) is 6. The number of rotatable bonds is 12. The number of ether oxygens (including phenoxy) is 2. The van der Waals surface area contributed by atoms with E-state index in [-0.39, 0.29) is 13.2 Å². The number of amides is 4. The Bertz CT molecular complexity index is 1780. The van der Waals surface area contributed by atoms with Crippen LogP contribution >= 0.6 is 0 Å². The monoisotopic (exact) mass is 752 g/mol. The number of esters is 2. The average Bonchev–Trinajstić information content (AvgIpc) is 3.06. The maximum Gasteiger partial charge on any atom is 0.310 e. The molecule has 2 aliphatic carbocycles. The van der Waals surface area contributed by atoms with Gasteiger partial charge in [-0.25, -0.2) is 0 Å². The molecule has 2 fully saturated rings. The Kier molecular flexibility index (Phi) is 14.4. The molecule has 2 aromatic carbocycles. The minimum atomic E-state index is -1.45. The second-order valence-corrected chi connectivity index (χ2v) is 13.2. The topological polar surface area (TPSA) is 244 Å². The van der Waals surface area contributed by atoms with Crippen molar-refractivity contribution >= 4 is 58.9 Å². The van der Waals surface area contributed by atoms with Gasteiger partial charge in [-0.2, -0.15) is 0 Å². The number of hydrogen-bond acceptors (Lipinski definition) is 10. The highest BCUT2D eigenvalue weighted by molar-refractivity contribution is 6.05. The first-order valence-electron chi connectivity index (χ1n) is 17.4. The van der Waals surface area contributed by atoms with E-state index in [2.05, 4.69) is 21.3 Å². The van der Waals surface area contributed by atoms with E-state index in [0.29, 0.717) is 11.4 Å². The largest absolute Gasteiger partial charge is 0.481 e. The molecule has 0 saturated heterocycles. The molecule has 2 aliphatic rings. The molecule has 0 aliphatic heterocycles. The summed E-state index contributed by atoms with van der Waals surface area (Å²) in [5.74, 6) is -16.1. The first-order chi connectivity index (χ1) is 25.4. The van der Waals surface area contributed by atoms with Gasteiger partial charge in [0.2, 0.25) is 23.6 Å². The summed E-state index contributed by atoms with van der Waals surface area (Å²) >= 11 is 0. The van der Waals surface area contributed by atoms with E-state index in [1.54, 1.807) is 39.0 Å². The fourth-order valence-electron chi connectivity index (χ4n) is 7.15. The molecule has 6 N–H and O–H groups in total. The van der Waals surface area contributed by atoms with Gasteiger partial charge in [0.15, 0.2) is 0 Å². The molecule has 0 spiro atoms. The highest BCUT2D eigenvalue weighted by Gasteiger charge is 2.65. The molecule has 292 valence electrons. The normalized spacial score (nSPS) is 23.7. The summed E-state index contributed by atoms with van der Waals surface area (Å²) in [6.07, 6.45) is 0. The zero-order valence-corrected chi connectivity index (χ0v) is 31.5. The second kappa shape index (κ2) is 18.3. The maximum absolute atomic E-state index is 13.1. The van der Waals surface area contributed by atoms with Crippen molar-refractivity contribution in [2.45, 2.75) is 41.5 Å². The zero-order valence-electron chi connectivity index (χ0n) is 31.5. The minimum absolute atomic E-state index is 0.102. The van der Waals surface area contributed by atoms with Gasteiger partial charge in [-0.05, 0) is 64.8 Å². The van der Waals surface area contributed by atoms with Crippen molar-refractivity contribution in [1.82, 2.24) is 10.6 Å². The molecular formula is C38H48N4O12. The average molecular weight is 753 g/mol. The van der Waals surface area contributed by atoms with Crippen LogP contribution in [-0.2, 0) is 47.8 Å². The minimum Gasteiger partial charge on any atom is -0.481 e. The van der Waals surface area contributed by atoms with Crippen LogP contribution in [0.15, 0.2) is 36.4 Å². The zero-order chi connectivity index (χ0) is 40.6. The fraction of sp³-hybridized carbons (Fsp3) is 0.474. The van der Waals surface area contributed by atoms with Crippen molar-refractivity contribution in [2.24, 2.45) is 47.3 Å². The van der Waals surface area contributed by atoms with Crippen molar-refractivity contribution in [3.63, 3.8) is 0 Å². The Hall–Kier alpha value is -5.80. The summed E-state index contributed by atoms with van der Waals surface area (Å²) in [5, 5.41) is 28.7. The number of carboxylic acids is 2. The number of carboxylic acid groups (broad SMARTS) is 2. The highest BCUT2D eigenvalue weighted by atomic mass is 16.5.